The number of benzene rings is 1. The molecule has 0 spiro atoms. The van der Waals surface area contributed by atoms with Gasteiger partial charge in [-0.3, -0.25) is 5.43 Å². The molecule has 1 aromatic carbocycles. The fraction of sp³-hybridized carbons (Fsp3) is 0.333. The Morgan fingerprint density at radius 3 is 2.80 bits per heavy atom. The van der Waals surface area contributed by atoms with Crippen molar-refractivity contribution in [1.82, 2.24) is 10.7 Å². The first-order valence-electron chi connectivity index (χ1n) is 8.45. The first kappa shape index (κ1) is 18.0. The van der Waals surface area contributed by atoms with E-state index < -0.39 is 0 Å². The Hall–Kier alpha value is -1.80. The second-order valence-corrected chi connectivity index (χ2v) is 7.33. The molecule has 5 nitrogen and oxygen atoms in total. The Balaban J connectivity index is 1.39. The largest absolute Gasteiger partial charge is 0.370 e. The summed E-state index contributed by atoms with van der Waals surface area (Å²) in [7, 11) is 0. The van der Waals surface area contributed by atoms with Crippen molar-refractivity contribution in [2.75, 3.05) is 39.4 Å². The third-order valence-electron chi connectivity index (χ3n) is 4.01. The fourth-order valence-electron chi connectivity index (χ4n) is 2.64. The summed E-state index contributed by atoms with van der Waals surface area (Å²) in [5, 5.41) is 7.97. The Morgan fingerprint density at radius 2 is 2.00 bits per heavy atom. The summed E-state index contributed by atoms with van der Waals surface area (Å²) in [6.07, 6.45) is 1.80. The molecule has 2 aromatic rings. The lowest BCUT2D eigenvalue weighted by Crippen LogP contribution is -3.14. The highest BCUT2D eigenvalue weighted by Crippen LogP contribution is 2.26. The Labute approximate surface area is 157 Å². The second-order valence-electron chi connectivity index (χ2n) is 5.81. The maximum atomic E-state index is 5.35. The van der Waals surface area contributed by atoms with Crippen molar-refractivity contribution < 1.29 is 9.64 Å². The van der Waals surface area contributed by atoms with E-state index in [0.717, 1.165) is 44.3 Å². The van der Waals surface area contributed by atoms with Crippen LogP contribution < -0.4 is 15.6 Å². The quantitative estimate of drug-likeness (QED) is 0.402. The van der Waals surface area contributed by atoms with Crippen LogP contribution in [0.4, 0.5) is 0 Å². The van der Waals surface area contributed by atoms with Gasteiger partial charge in [-0.2, -0.15) is 5.10 Å². The van der Waals surface area contributed by atoms with Gasteiger partial charge >= 0.3 is 0 Å². The van der Waals surface area contributed by atoms with E-state index in [4.69, 9.17) is 17.0 Å². The standard InChI is InChI=1S/C18H22N4OS2/c24-18(19-8-9-22-10-12-23-13-11-22)21-20-14-16-6-7-17(25-16)15-4-2-1-3-5-15/h1-7,14H,8-13H2,(H2,19,21,24)/p+1/b20-14-. The van der Waals surface area contributed by atoms with Gasteiger partial charge in [-0.05, 0) is 29.9 Å². The van der Waals surface area contributed by atoms with Gasteiger partial charge in [0.05, 0.1) is 32.5 Å². The molecule has 2 heterocycles. The Bertz CT molecular complexity index is 696. The molecule has 1 aliphatic rings. The van der Waals surface area contributed by atoms with E-state index in [9.17, 15) is 0 Å². The van der Waals surface area contributed by atoms with Gasteiger partial charge in [0.1, 0.15) is 13.1 Å². The van der Waals surface area contributed by atoms with Crippen LogP contribution in [0, 0.1) is 0 Å². The minimum absolute atomic E-state index is 0.559. The van der Waals surface area contributed by atoms with Gasteiger partial charge in [-0.1, -0.05) is 30.3 Å². The first-order valence-corrected chi connectivity index (χ1v) is 9.67. The van der Waals surface area contributed by atoms with Crippen molar-refractivity contribution >= 4 is 34.9 Å². The molecule has 0 amide bonds. The van der Waals surface area contributed by atoms with E-state index in [2.05, 4.69) is 40.1 Å². The predicted octanol–water partition coefficient (Wildman–Crippen LogP) is 1.13. The zero-order valence-corrected chi connectivity index (χ0v) is 15.7. The van der Waals surface area contributed by atoms with Crippen LogP contribution in [-0.4, -0.2) is 50.7 Å². The summed E-state index contributed by atoms with van der Waals surface area (Å²) >= 11 is 6.96. The van der Waals surface area contributed by atoms with Gasteiger partial charge in [-0.15, -0.1) is 11.3 Å². The fourth-order valence-corrected chi connectivity index (χ4v) is 3.68. The van der Waals surface area contributed by atoms with Gasteiger partial charge < -0.3 is 15.0 Å². The van der Waals surface area contributed by atoms with E-state index in [0.29, 0.717) is 5.11 Å². The van der Waals surface area contributed by atoms with Gasteiger partial charge in [0, 0.05) is 9.75 Å². The number of thiophene rings is 1. The molecule has 1 aliphatic heterocycles. The third kappa shape index (κ3) is 5.89. The van der Waals surface area contributed by atoms with E-state index in [1.807, 2.05) is 18.2 Å². The highest BCUT2D eigenvalue weighted by molar-refractivity contribution is 7.80. The molecule has 0 bridgehead atoms. The maximum absolute atomic E-state index is 5.35. The molecular formula is C18H23N4OS2+. The number of quaternary nitrogens is 1. The van der Waals surface area contributed by atoms with Crippen LogP contribution in [0.25, 0.3) is 10.4 Å². The van der Waals surface area contributed by atoms with Crippen molar-refractivity contribution in [3.63, 3.8) is 0 Å². The molecule has 0 atom stereocenters. The maximum Gasteiger partial charge on any atom is 0.187 e. The van der Waals surface area contributed by atoms with Crippen LogP contribution in [0.15, 0.2) is 47.6 Å². The number of ether oxygens (including phenoxy) is 1. The molecule has 132 valence electrons. The van der Waals surface area contributed by atoms with E-state index in [1.165, 1.54) is 10.4 Å². The summed E-state index contributed by atoms with van der Waals surface area (Å²) in [4.78, 5) is 3.88. The Morgan fingerprint density at radius 1 is 1.20 bits per heavy atom. The molecule has 0 aliphatic carbocycles. The minimum Gasteiger partial charge on any atom is -0.370 e. The van der Waals surface area contributed by atoms with Crippen LogP contribution in [0.3, 0.4) is 0 Å². The monoisotopic (exact) mass is 375 g/mol. The zero-order valence-electron chi connectivity index (χ0n) is 14.0. The SMILES string of the molecule is S=C(NCC[NH+]1CCOCC1)N/N=C\c1ccc(-c2ccccc2)s1. The number of thiocarbonyl (C=S) groups is 1. The van der Waals surface area contributed by atoms with Crippen molar-refractivity contribution in [2.24, 2.45) is 5.10 Å². The molecule has 1 saturated heterocycles. The lowest BCUT2D eigenvalue weighted by Gasteiger charge is -2.23. The molecule has 1 fully saturated rings. The highest BCUT2D eigenvalue weighted by atomic mass is 32.1. The lowest BCUT2D eigenvalue weighted by molar-refractivity contribution is -0.906. The average Bonchev–Trinajstić information content (AvgIpc) is 3.12. The number of nitrogens with one attached hydrogen (secondary N) is 3. The van der Waals surface area contributed by atoms with Crippen LogP contribution in [-0.2, 0) is 4.74 Å². The smallest absolute Gasteiger partial charge is 0.187 e. The molecule has 3 N–H and O–H groups in total. The van der Waals surface area contributed by atoms with Crippen LogP contribution in [0.2, 0.25) is 0 Å². The number of nitrogens with zero attached hydrogens (tertiary/aromatic N) is 1. The molecule has 25 heavy (non-hydrogen) atoms. The van der Waals surface area contributed by atoms with Crippen molar-refractivity contribution in [2.45, 2.75) is 0 Å². The number of hydrazone groups is 1. The Kier molecular flexibility index (Phi) is 6.93. The normalized spacial score (nSPS) is 15.4. The van der Waals surface area contributed by atoms with E-state index in [-0.39, 0.29) is 0 Å². The molecule has 3 rings (SSSR count). The summed E-state index contributed by atoms with van der Waals surface area (Å²) in [6, 6.07) is 14.5. The lowest BCUT2D eigenvalue weighted by atomic mass is 10.2. The van der Waals surface area contributed by atoms with Gasteiger partial charge in [-0.25, -0.2) is 0 Å². The van der Waals surface area contributed by atoms with Crippen LogP contribution in [0.5, 0.6) is 0 Å². The van der Waals surface area contributed by atoms with Gasteiger partial charge in [0.2, 0.25) is 0 Å². The van der Waals surface area contributed by atoms with E-state index in [1.54, 1.807) is 22.5 Å². The summed E-state index contributed by atoms with van der Waals surface area (Å²) < 4.78 is 5.35. The summed E-state index contributed by atoms with van der Waals surface area (Å²) in [5.74, 6) is 0. The van der Waals surface area contributed by atoms with Gasteiger partial charge in [0.15, 0.2) is 5.11 Å². The average molecular weight is 376 g/mol. The van der Waals surface area contributed by atoms with Crippen LogP contribution in [0.1, 0.15) is 4.88 Å². The molecule has 0 unspecified atom stereocenters. The molecule has 0 saturated carbocycles. The number of rotatable bonds is 6. The van der Waals surface area contributed by atoms with Crippen LogP contribution >= 0.6 is 23.6 Å². The zero-order chi connectivity index (χ0) is 17.3. The molecule has 7 heteroatoms. The van der Waals surface area contributed by atoms with Crippen molar-refractivity contribution in [1.29, 1.82) is 0 Å². The highest BCUT2D eigenvalue weighted by Gasteiger charge is 2.12. The topological polar surface area (TPSA) is 50.1 Å². The number of hydrogen-bond donors (Lipinski definition) is 3. The van der Waals surface area contributed by atoms with Crippen molar-refractivity contribution in [3.05, 3.63) is 47.3 Å². The number of morpholine rings is 1. The van der Waals surface area contributed by atoms with Gasteiger partial charge in [0.25, 0.3) is 0 Å². The number of hydrogen-bond acceptors (Lipinski definition) is 4. The summed E-state index contributed by atoms with van der Waals surface area (Å²) in [5.41, 5.74) is 4.11. The predicted molar refractivity (Wildman–Crippen MR) is 107 cm³/mol. The molecule has 1 aromatic heterocycles. The molecular weight excluding hydrogens is 352 g/mol. The van der Waals surface area contributed by atoms with Crippen molar-refractivity contribution in [3.8, 4) is 10.4 Å². The van der Waals surface area contributed by atoms with E-state index >= 15 is 0 Å². The third-order valence-corrected chi connectivity index (χ3v) is 5.31. The second kappa shape index (κ2) is 9.62. The molecule has 0 radical (unpaired) electrons. The minimum atomic E-state index is 0.559. The first-order chi connectivity index (χ1) is 12.3. The summed E-state index contributed by atoms with van der Waals surface area (Å²) in [6.45, 7) is 5.74.